The van der Waals surface area contributed by atoms with E-state index in [2.05, 4.69) is 18.4 Å². The molecule has 9 bridgehead atoms. The number of esters is 3. The number of carbonyl (C=O) groups is 3. The Morgan fingerprint density at radius 1 is 1.11 bits per heavy atom. The molecule has 2 spiro atoms. The summed E-state index contributed by atoms with van der Waals surface area (Å²) < 4.78 is 18.0. The molecule has 0 aromatic heterocycles. The van der Waals surface area contributed by atoms with Crippen LogP contribution < -0.4 is 0 Å². The van der Waals surface area contributed by atoms with Crippen LogP contribution in [0, 0.1) is 39.9 Å². The Kier molecular flexibility index (Phi) is 4.75. The summed E-state index contributed by atoms with van der Waals surface area (Å²) in [6, 6.07) is -0.213. The van der Waals surface area contributed by atoms with Gasteiger partial charge in [-0.3, -0.25) is 19.3 Å². The van der Waals surface area contributed by atoms with E-state index in [0.717, 1.165) is 5.57 Å². The van der Waals surface area contributed by atoms with Crippen molar-refractivity contribution < 1.29 is 38.8 Å². The van der Waals surface area contributed by atoms with Crippen molar-refractivity contribution in [3.8, 4) is 0 Å². The van der Waals surface area contributed by atoms with Gasteiger partial charge in [0, 0.05) is 60.6 Å². The van der Waals surface area contributed by atoms with E-state index in [1.54, 1.807) is 0 Å². The lowest BCUT2D eigenvalue weighted by Crippen LogP contribution is -2.77. The molecule has 0 amide bonds. The van der Waals surface area contributed by atoms with Gasteiger partial charge in [-0.25, -0.2) is 0 Å². The Balaban J connectivity index is 1.41. The van der Waals surface area contributed by atoms with Gasteiger partial charge in [0.05, 0.1) is 12.0 Å². The van der Waals surface area contributed by atoms with E-state index >= 15 is 0 Å². The molecule has 6 aliphatic carbocycles. The summed E-state index contributed by atoms with van der Waals surface area (Å²) in [6.45, 7) is 13.5. The molecule has 9 fully saturated rings. The number of hydrogen-bond donors (Lipinski definition) is 2. The zero-order valence-corrected chi connectivity index (χ0v) is 22.8. The lowest BCUT2D eigenvalue weighted by molar-refractivity contribution is -0.285. The second kappa shape index (κ2) is 7.21. The Hall–Kier alpha value is -1.97. The van der Waals surface area contributed by atoms with Crippen molar-refractivity contribution in [2.45, 2.75) is 102 Å². The first kappa shape index (κ1) is 25.0. The van der Waals surface area contributed by atoms with Crippen LogP contribution in [-0.2, 0) is 28.6 Å². The minimum Gasteiger partial charge on any atom is -0.459 e. The molecule has 9 aliphatic rings. The maximum Gasteiger partial charge on any atom is 0.309 e. The standard InChI is InChI=1S/C29H39NO8/c1-7-12(2)24(34)38-17-10-28-20-16-9-27-8-13(3)18(19(33)21(27)28)23(37-15(5)32)29(27,35)25(28)30(16)11-26(20,6)22(17)36-14(4)31/h12,16-23,25,33,35H,3,7-11H2,1-2,4-6H3/t12?,16-,17+,18+,19+,20+,21+,22+,23?,25-,26+,27+,28-,29-/m0/s1. The number of hydrogen-bond acceptors (Lipinski definition) is 9. The monoisotopic (exact) mass is 529 g/mol. The van der Waals surface area contributed by atoms with Gasteiger partial charge in [0.1, 0.15) is 23.9 Å². The summed E-state index contributed by atoms with van der Waals surface area (Å²) in [5, 5.41) is 24.9. The number of fused-ring (bicyclic) bond motifs is 1. The molecule has 38 heavy (non-hydrogen) atoms. The van der Waals surface area contributed by atoms with E-state index in [0.29, 0.717) is 32.2 Å². The molecule has 2 N–H and O–H groups in total. The Morgan fingerprint density at radius 2 is 1.76 bits per heavy atom. The smallest absolute Gasteiger partial charge is 0.309 e. The van der Waals surface area contributed by atoms with Gasteiger partial charge in [-0.05, 0) is 31.6 Å². The van der Waals surface area contributed by atoms with Gasteiger partial charge >= 0.3 is 17.9 Å². The SMILES string of the molecule is C=C1C[C@@]23C[C@H]4[C@@H]5[C@@]6(C)CN4[C@H]4[C@]5(C[C@@H](OC(=O)C(C)CC)[C@H]6OC(C)=O)[C@@H]2[C@H](O)[C@@H]1C(OC(C)=O)[C@]43O. The molecule has 3 aliphatic heterocycles. The van der Waals surface area contributed by atoms with Crippen molar-refractivity contribution >= 4 is 17.9 Å². The van der Waals surface area contributed by atoms with E-state index < -0.39 is 64.1 Å². The molecule has 0 aromatic carbocycles. The second-order valence-electron chi connectivity index (χ2n) is 13.8. The topological polar surface area (TPSA) is 123 Å². The molecule has 9 rings (SSSR count). The number of aliphatic hydroxyl groups is 2. The number of nitrogens with zero attached hydrogens (tertiary/aromatic N) is 1. The molecular weight excluding hydrogens is 490 g/mol. The average Bonchev–Trinajstić information content (AvgIpc) is 3.25. The summed E-state index contributed by atoms with van der Waals surface area (Å²) >= 11 is 0. The van der Waals surface area contributed by atoms with E-state index in [9.17, 15) is 24.6 Å². The number of rotatable bonds is 5. The van der Waals surface area contributed by atoms with Crippen LogP contribution in [0.15, 0.2) is 12.2 Å². The van der Waals surface area contributed by atoms with Crippen LogP contribution in [-0.4, -0.2) is 81.7 Å². The summed E-state index contributed by atoms with van der Waals surface area (Å²) in [4.78, 5) is 40.1. The first-order valence-corrected chi connectivity index (χ1v) is 14.2. The van der Waals surface area contributed by atoms with E-state index in [4.69, 9.17) is 14.2 Å². The highest BCUT2D eigenvalue weighted by molar-refractivity contribution is 5.72. The summed E-state index contributed by atoms with van der Waals surface area (Å²) in [6.07, 6.45) is -0.752. The maximum atomic E-state index is 13.1. The molecule has 0 aromatic rings. The second-order valence-corrected chi connectivity index (χ2v) is 13.8. The lowest BCUT2D eigenvalue weighted by Gasteiger charge is -2.68. The number of carbonyl (C=O) groups excluding carboxylic acids is 3. The van der Waals surface area contributed by atoms with Gasteiger partial charge < -0.3 is 24.4 Å². The molecule has 3 saturated heterocycles. The first-order valence-electron chi connectivity index (χ1n) is 14.2. The fraction of sp³-hybridized carbons (Fsp3) is 0.828. The largest absolute Gasteiger partial charge is 0.459 e. The van der Waals surface area contributed by atoms with Crippen LogP contribution >= 0.6 is 0 Å². The van der Waals surface area contributed by atoms with Crippen molar-refractivity contribution in [1.29, 1.82) is 0 Å². The minimum atomic E-state index is -1.35. The highest BCUT2D eigenvalue weighted by atomic mass is 16.6. The highest BCUT2D eigenvalue weighted by Crippen LogP contribution is 2.88. The predicted molar refractivity (Wildman–Crippen MR) is 132 cm³/mol. The van der Waals surface area contributed by atoms with Crippen LogP contribution in [0.4, 0.5) is 0 Å². The Bertz CT molecular complexity index is 1170. The summed E-state index contributed by atoms with van der Waals surface area (Å²) in [5.41, 5.74) is -2.28. The zero-order valence-electron chi connectivity index (χ0n) is 22.8. The third-order valence-corrected chi connectivity index (χ3v) is 12.3. The van der Waals surface area contributed by atoms with Crippen LogP contribution in [0.3, 0.4) is 0 Å². The fourth-order valence-corrected chi connectivity index (χ4v) is 11.8. The van der Waals surface area contributed by atoms with Crippen molar-refractivity contribution in [1.82, 2.24) is 4.90 Å². The van der Waals surface area contributed by atoms with Crippen molar-refractivity contribution in [2.24, 2.45) is 39.9 Å². The highest BCUT2D eigenvalue weighted by Gasteiger charge is 2.96. The summed E-state index contributed by atoms with van der Waals surface area (Å²) in [7, 11) is 0. The van der Waals surface area contributed by atoms with Crippen molar-refractivity contribution in [2.75, 3.05) is 6.54 Å². The third-order valence-electron chi connectivity index (χ3n) is 12.3. The van der Waals surface area contributed by atoms with Gasteiger partial charge in [-0.15, -0.1) is 0 Å². The van der Waals surface area contributed by atoms with Gasteiger partial charge in [0.15, 0.2) is 0 Å². The summed E-state index contributed by atoms with van der Waals surface area (Å²) in [5.74, 6) is -2.30. The first-order chi connectivity index (χ1) is 17.8. The van der Waals surface area contributed by atoms with Crippen LogP contribution in [0.25, 0.3) is 0 Å². The van der Waals surface area contributed by atoms with Crippen molar-refractivity contribution in [3.63, 3.8) is 0 Å². The van der Waals surface area contributed by atoms with Gasteiger partial charge in [-0.2, -0.15) is 0 Å². The van der Waals surface area contributed by atoms with E-state index in [-0.39, 0.29) is 35.8 Å². The number of ether oxygens (including phenoxy) is 3. The average molecular weight is 530 g/mol. The third kappa shape index (κ3) is 2.37. The maximum absolute atomic E-state index is 13.1. The predicted octanol–water partition coefficient (Wildman–Crippen LogP) is 1.59. The van der Waals surface area contributed by atoms with Crippen LogP contribution in [0.5, 0.6) is 0 Å². The molecule has 208 valence electrons. The fourth-order valence-electron chi connectivity index (χ4n) is 11.8. The molecule has 0 radical (unpaired) electrons. The van der Waals surface area contributed by atoms with Crippen molar-refractivity contribution in [3.05, 3.63) is 12.2 Å². The van der Waals surface area contributed by atoms with Gasteiger partial charge in [0.25, 0.3) is 0 Å². The molecule has 6 saturated carbocycles. The Labute approximate surface area is 222 Å². The van der Waals surface area contributed by atoms with Crippen LogP contribution in [0.2, 0.25) is 0 Å². The van der Waals surface area contributed by atoms with Crippen LogP contribution in [0.1, 0.15) is 60.3 Å². The lowest BCUT2D eigenvalue weighted by atomic mass is 9.38. The van der Waals surface area contributed by atoms with E-state index in [1.807, 2.05) is 13.8 Å². The minimum absolute atomic E-state index is 0.0350. The molecule has 9 nitrogen and oxygen atoms in total. The molecule has 3 heterocycles. The van der Waals surface area contributed by atoms with Gasteiger partial charge in [-0.1, -0.05) is 32.9 Å². The number of piperidine rings is 2. The molecule has 3 unspecified atom stereocenters. The molecular formula is C29H39NO8. The Morgan fingerprint density at radius 3 is 2.39 bits per heavy atom. The zero-order chi connectivity index (χ0) is 27.3. The van der Waals surface area contributed by atoms with E-state index in [1.165, 1.54) is 13.8 Å². The van der Waals surface area contributed by atoms with Gasteiger partial charge in [0.2, 0.25) is 0 Å². The molecule has 15 atom stereocenters. The quantitative estimate of drug-likeness (QED) is 0.311. The molecule has 9 heteroatoms. The normalized spacial score (nSPS) is 56.7. The number of aliphatic hydroxyl groups excluding tert-OH is 1.